The van der Waals surface area contributed by atoms with Crippen molar-refractivity contribution in [2.45, 2.75) is 19.3 Å². The van der Waals surface area contributed by atoms with Crippen LogP contribution in [0.1, 0.15) is 19.3 Å². The maximum Gasteiger partial charge on any atom is 0.303 e. The van der Waals surface area contributed by atoms with Crippen LogP contribution >= 0.6 is 0 Å². The number of anilines is 1. The molecule has 114 valence electrons. The number of rotatable bonds is 6. The highest BCUT2D eigenvalue weighted by Crippen LogP contribution is 2.19. The molecule has 1 unspecified atom stereocenters. The average Bonchev–Trinajstić information content (AvgIpc) is 2.46. The fourth-order valence-corrected chi connectivity index (χ4v) is 2.52. The van der Waals surface area contributed by atoms with E-state index in [1.165, 1.54) is 0 Å². The zero-order valence-corrected chi connectivity index (χ0v) is 11.8. The van der Waals surface area contributed by atoms with Gasteiger partial charge in [-0.1, -0.05) is 6.07 Å². The van der Waals surface area contributed by atoms with Gasteiger partial charge in [-0.25, -0.2) is 4.98 Å². The average molecular weight is 292 g/mol. The van der Waals surface area contributed by atoms with E-state index in [1.807, 2.05) is 11.0 Å². The van der Waals surface area contributed by atoms with Crippen molar-refractivity contribution in [1.82, 2.24) is 15.3 Å². The SMILES string of the molecule is O=C(O)CC1CCCN(CC(=O)NNc2ccccn2)C1. The van der Waals surface area contributed by atoms with E-state index in [1.54, 1.807) is 18.3 Å². The maximum atomic E-state index is 11.9. The topological polar surface area (TPSA) is 94.6 Å². The Labute approximate surface area is 123 Å². The Hall–Kier alpha value is -2.15. The van der Waals surface area contributed by atoms with Crippen molar-refractivity contribution in [2.75, 3.05) is 25.1 Å². The first-order valence-electron chi connectivity index (χ1n) is 7.03. The van der Waals surface area contributed by atoms with E-state index >= 15 is 0 Å². The third kappa shape index (κ3) is 5.39. The lowest BCUT2D eigenvalue weighted by Crippen LogP contribution is -2.44. The van der Waals surface area contributed by atoms with Gasteiger partial charge >= 0.3 is 5.97 Å². The molecule has 0 spiro atoms. The number of hydrogen-bond donors (Lipinski definition) is 3. The number of piperidine rings is 1. The molecule has 1 aliphatic rings. The molecular weight excluding hydrogens is 272 g/mol. The van der Waals surface area contributed by atoms with Crippen LogP contribution in [-0.4, -0.2) is 46.5 Å². The van der Waals surface area contributed by atoms with E-state index in [-0.39, 0.29) is 24.8 Å². The first kappa shape index (κ1) is 15.2. The van der Waals surface area contributed by atoms with E-state index in [4.69, 9.17) is 5.11 Å². The number of hydrazine groups is 1. The van der Waals surface area contributed by atoms with Gasteiger partial charge in [-0.3, -0.25) is 25.3 Å². The highest BCUT2D eigenvalue weighted by Gasteiger charge is 2.23. The fraction of sp³-hybridized carbons (Fsp3) is 0.500. The second-order valence-corrected chi connectivity index (χ2v) is 5.23. The van der Waals surface area contributed by atoms with Gasteiger partial charge in [0, 0.05) is 19.2 Å². The Kier molecular flexibility index (Phi) is 5.51. The van der Waals surface area contributed by atoms with E-state index in [9.17, 15) is 9.59 Å². The van der Waals surface area contributed by atoms with Crippen molar-refractivity contribution in [3.63, 3.8) is 0 Å². The van der Waals surface area contributed by atoms with E-state index < -0.39 is 5.97 Å². The Bertz CT molecular complexity index is 480. The van der Waals surface area contributed by atoms with Crippen LogP contribution in [0.3, 0.4) is 0 Å². The Balaban J connectivity index is 1.73. The van der Waals surface area contributed by atoms with Gasteiger partial charge in [-0.15, -0.1) is 0 Å². The molecule has 7 heteroatoms. The number of aliphatic carboxylic acids is 1. The van der Waals surface area contributed by atoms with Crippen LogP contribution < -0.4 is 10.9 Å². The molecule has 2 rings (SSSR count). The van der Waals surface area contributed by atoms with Gasteiger partial charge in [-0.05, 0) is 37.4 Å². The third-order valence-electron chi connectivity index (χ3n) is 3.43. The molecule has 1 aromatic rings. The van der Waals surface area contributed by atoms with Gasteiger partial charge in [0.25, 0.3) is 5.91 Å². The number of hydrogen-bond acceptors (Lipinski definition) is 5. The van der Waals surface area contributed by atoms with Crippen molar-refractivity contribution in [1.29, 1.82) is 0 Å². The van der Waals surface area contributed by atoms with Crippen LogP contribution in [0.4, 0.5) is 5.82 Å². The molecule has 1 saturated heterocycles. The van der Waals surface area contributed by atoms with Gasteiger partial charge in [0.05, 0.1) is 6.54 Å². The summed E-state index contributed by atoms with van der Waals surface area (Å²) in [5, 5.41) is 8.83. The number of carboxylic acids is 1. The summed E-state index contributed by atoms with van der Waals surface area (Å²) < 4.78 is 0. The number of nitrogens with one attached hydrogen (secondary N) is 2. The molecular formula is C14H20N4O3. The van der Waals surface area contributed by atoms with Gasteiger partial charge in [-0.2, -0.15) is 0 Å². The van der Waals surface area contributed by atoms with Gasteiger partial charge in [0.1, 0.15) is 5.82 Å². The van der Waals surface area contributed by atoms with Crippen molar-refractivity contribution < 1.29 is 14.7 Å². The quantitative estimate of drug-likeness (QED) is 0.669. The number of carboxylic acid groups (broad SMARTS) is 1. The normalized spacial score (nSPS) is 19.0. The zero-order chi connectivity index (χ0) is 15.1. The highest BCUT2D eigenvalue weighted by molar-refractivity contribution is 5.79. The molecule has 0 bridgehead atoms. The Morgan fingerprint density at radius 1 is 1.43 bits per heavy atom. The smallest absolute Gasteiger partial charge is 0.303 e. The summed E-state index contributed by atoms with van der Waals surface area (Å²) in [6.07, 6.45) is 3.65. The van der Waals surface area contributed by atoms with Crippen LogP contribution in [-0.2, 0) is 9.59 Å². The van der Waals surface area contributed by atoms with Crippen LogP contribution in [0.15, 0.2) is 24.4 Å². The van der Waals surface area contributed by atoms with Crippen molar-refractivity contribution in [3.05, 3.63) is 24.4 Å². The fourth-order valence-electron chi connectivity index (χ4n) is 2.52. The maximum absolute atomic E-state index is 11.9. The molecule has 0 aromatic carbocycles. The second kappa shape index (κ2) is 7.58. The number of aromatic nitrogens is 1. The van der Waals surface area contributed by atoms with Crippen molar-refractivity contribution in [3.8, 4) is 0 Å². The molecule has 1 fully saturated rings. The summed E-state index contributed by atoms with van der Waals surface area (Å²) in [7, 11) is 0. The lowest BCUT2D eigenvalue weighted by molar-refractivity contribution is -0.138. The highest BCUT2D eigenvalue weighted by atomic mass is 16.4. The predicted molar refractivity (Wildman–Crippen MR) is 77.4 cm³/mol. The number of amides is 1. The molecule has 1 atom stereocenters. The van der Waals surface area contributed by atoms with Gasteiger partial charge < -0.3 is 5.11 Å². The van der Waals surface area contributed by atoms with Crippen LogP contribution in [0, 0.1) is 5.92 Å². The number of pyridine rings is 1. The Morgan fingerprint density at radius 2 is 2.29 bits per heavy atom. The van der Waals surface area contributed by atoms with Crippen LogP contribution in [0.2, 0.25) is 0 Å². The molecule has 1 amide bonds. The van der Waals surface area contributed by atoms with Gasteiger partial charge in [0.15, 0.2) is 0 Å². The minimum atomic E-state index is -0.775. The first-order valence-corrected chi connectivity index (χ1v) is 7.03. The second-order valence-electron chi connectivity index (χ2n) is 5.23. The summed E-state index contributed by atoms with van der Waals surface area (Å²) in [4.78, 5) is 28.6. The molecule has 0 aliphatic carbocycles. The summed E-state index contributed by atoms with van der Waals surface area (Å²) in [5.41, 5.74) is 5.34. The molecule has 7 nitrogen and oxygen atoms in total. The molecule has 0 radical (unpaired) electrons. The van der Waals surface area contributed by atoms with E-state index in [0.717, 1.165) is 19.4 Å². The van der Waals surface area contributed by atoms with E-state index in [0.29, 0.717) is 12.4 Å². The number of likely N-dealkylation sites (tertiary alicyclic amines) is 1. The summed E-state index contributed by atoms with van der Waals surface area (Å²) in [6.45, 7) is 1.74. The minimum Gasteiger partial charge on any atom is -0.481 e. The lowest BCUT2D eigenvalue weighted by Gasteiger charge is -2.31. The zero-order valence-electron chi connectivity index (χ0n) is 11.8. The molecule has 1 aliphatic heterocycles. The Morgan fingerprint density at radius 3 is 3.00 bits per heavy atom. The number of nitrogens with zero attached hydrogens (tertiary/aromatic N) is 2. The largest absolute Gasteiger partial charge is 0.481 e. The summed E-state index contributed by atoms with van der Waals surface area (Å²) >= 11 is 0. The van der Waals surface area contributed by atoms with Crippen LogP contribution in [0.25, 0.3) is 0 Å². The van der Waals surface area contributed by atoms with Crippen LogP contribution in [0.5, 0.6) is 0 Å². The summed E-state index contributed by atoms with van der Waals surface area (Å²) in [5.74, 6) is -0.221. The van der Waals surface area contributed by atoms with Gasteiger partial charge in [0.2, 0.25) is 0 Å². The monoisotopic (exact) mass is 292 g/mol. The standard InChI is InChI=1S/C14H20N4O3/c19-13(17-16-12-5-1-2-6-15-12)10-18-7-3-4-11(9-18)8-14(20)21/h1-2,5-6,11H,3-4,7-10H2,(H,15,16)(H,17,19)(H,20,21). The molecule has 2 heterocycles. The third-order valence-corrected chi connectivity index (χ3v) is 3.43. The number of carbonyl (C=O) groups is 2. The van der Waals surface area contributed by atoms with Crippen molar-refractivity contribution in [2.24, 2.45) is 5.92 Å². The van der Waals surface area contributed by atoms with E-state index in [2.05, 4.69) is 15.8 Å². The molecule has 21 heavy (non-hydrogen) atoms. The molecule has 1 aromatic heterocycles. The van der Waals surface area contributed by atoms with Crippen molar-refractivity contribution >= 4 is 17.7 Å². The molecule has 0 saturated carbocycles. The molecule has 3 N–H and O–H groups in total. The lowest BCUT2D eigenvalue weighted by atomic mass is 9.95. The summed E-state index contributed by atoms with van der Waals surface area (Å²) in [6, 6.07) is 5.37. The number of carbonyl (C=O) groups excluding carboxylic acids is 1. The predicted octanol–water partition coefficient (Wildman–Crippen LogP) is 0.711. The minimum absolute atomic E-state index is 0.132. The first-order chi connectivity index (χ1) is 10.1.